The third kappa shape index (κ3) is 3.45. The van der Waals surface area contributed by atoms with E-state index in [-0.39, 0.29) is 6.61 Å². The minimum absolute atomic E-state index is 0.334. The fraction of sp³-hybridized carbons (Fsp3) is 0.714. The van der Waals surface area contributed by atoms with Gasteiger partial charge in [0.1, 0.15) is 36.6 Å². The van der Waals surface area contributed by atoms with Gasteiger partial charge in [-0.3, -0.25) is 14.3 Å². The van der Waals surface area contributed by atoms with Gasteiger partial charge in [-0.15, -0.1) is 0 Å². The van der Waals surface area contributed by atoms with Crippen LogP contribution in [-0.2, 0) is 14.2 Å². The molecule has 12 heteroatoms. The highest BCUT2D eigenvalue weighted by atomic mass is 16.7. The molecular weight excluding hydrogens is 356 g/mol. The van der Waals surface area contributed by atoms with Crippen LogP contribution in [0.15, 0.2) is 21.9 Å². The number of hydrogen-bond donors (Lipinski definition) is 6. The van der Waals surface area contributed by atoms with E-state index in [0.29, 0.717) is 0 Å². The van der Waals surface area contributed by atoms with Crippen molar-refractivity contribution in [3.8, 4) is 0 Å². The van der Waals surface area contributed by atoms with Crippen LogP contribution in [0.3, 0.4) is 0 Å². The van der Waals surface area contributed by atoms with Gasteiger partial charge in [0.25, 0.3) is 5.56 Å². The number of H-pyrrole nitrogens is 1. The van der Waals surface area contributed by atoms with Gasteiger partial charge in [-0.1, -0.05) is 0 Å². The van der Waals surface area contributed by atoms with Gasteiger partial charge in [0, 0.05) is 12.3 Å². The molecule has 3 heterocycles. The lowest BCUT2D eigenvalue weighted by molar-refractivity contribution is -0.190. The van der Waals surface area contributed by atoms with Crippen LogP contribution in [0.25, 0.3) is 0 Å². The summed E-state index contributed by atoms with van der Waals surface area (Å²) < 4.78 is 16.8. The van der Waals surface area contributed by atoms with E-state index >= 15 is 0 Å². The van der Waals surface area contributed by atoms with E-state index in [9.17, 15) is 30.0 Å². The summed E-state index contributed by atoms with van der Waals surface area (Å²) in [5.74, 6) is 0. The topological polar surface area (TPSA) is 184 Å². The molecule has 0 amide bonds. The van der Waals surface area contributed by atoms with Crippen molar-refractivity contribution >= 4 is 0 Å². The van der Waals surface area contributed by atoms with Crippen molar-refractivity contribution in [2.75, 3.05) is 13.2 Å². The van der Waals surface area contributed by atoms with Crippen LogP contribution >= 0.6 is 0 Å². The maximum Gasteiger partial charge on any atom is 0.330 e. The van der Waals surface area contributed by atoms with Crippen LogP contribution in [0.4, 0.5) is 0 Å². The van der Waals surface area contributed by atoms with Crippen molar-refractivity contribution in [1.82, 2.24) is 9.55 Å². The molecule has 1 aromatic heterocycles. The highest BCUT2D eigenvalue weighted by Gasteiger charge is 2.47. The first-order chi connectivity index (χ1) is 12.3. The van der Waals surface area contributed by atoms with Crippen LogP contribution in [0.5, 0.6) is 0 Å². The number of rotatable bonds is 5. The van der Waals surface area contributed by atoms with Crippen molar-refractivity contribution in [2.24, 2.45) is 0 Å². The Morgan fingerprint density at radius 3 is 2.35 bits per heavy atom. The Kier molecular flexibility index (Phi) is 5.55. The first-order valence-corrected chi connectivity index (χ1v) is 7.90. The molecule has 12 nitrogen and oxygen atoms in total. The number of aliphatic hydroxyl groups is 5. The number of nitrogens with zero attached hydrogens (tertiary/aromatic N) is 1. The van der Waals surface area contributed by atoms with Crippen molar-refractivity contribution in [1.29, 1.82) is 0 Å². The second kappa shape index (κ2) is 7.54. The van der Waals surface area contributed by atoms with Gasteiger partial charge >= 0.3 is 5.69 Å². The molecule has 2 fully saturated rings. The number of aliphatic hydroxyl groups excluding tert-OH is 5. The number of aromatic amines is 1. The molecule has 146 valence electrons. The Balaban J connectivity index is 1.65. The van der Waals surface area contributed by atoms with Crippen LogP contribution in [0, 0.1) is 0 Å². The van der Waals surface area contributed by atoms with Gasteiger partial charge in [0.2, 0.25) is 0 Å². The van der Waals surface area contributed by atoms with Crippen LogP contribution in [0.2, 0.25) is 0 Å². The summed E-state index contributed by atoms with van der Waals surface area (Å²) in [6.45, 7) is -0.851. The normalized spacial score (nSPS) is 40.2. The number of hydrogen-bond acceptors (Lipinski definition) is 10. The van der Waals surface area contributed by atoms with E-state index < -0.39 is 67.0 Å². The molecule has 2 saturated heterocycles. The summed E-state index contributed by atoms with van der Waals surface area (Å²) in [5, 5.41) is 48.7. The standard InChI is InChI=1S/C14H20N2O10/c17-3-5-8(19)11(22)13(26-5)24-4-6-9(20)10(21)12(25-6)16-2-1-7(18)15-14(16)23/h1-2,5-6,8-13,17,19-22H,3-4H2,(H,15,18,23)/t5-,6+,8-,9+,10+,11+,12+,13?/m0/s1. The fourth-order valence-corrected chi connectivity index (χ4v) is 2.92. The van der Waals surface area contributed by atoms with Crippen molar-refractivity contribution in [3.05, 3.63) is 33.1 Å². The molecule has 0 saturated carbocycles. The lowest BCUT2D eigenvalue weighted by Gasteiger charge is -2.20. The van der Waals surface area contributed by atoms with Gasteiger partial charge in [0.05, 0.1) is 13.2 Å². The molecule has 0 bridgehead atoms. The molecule has 8 atom stereocenters. The van der Waals surface area contributed by atoms with Crippen molar-refractivity contribution < 1.29 is 39.7 Å². The first kappa shape index (κ1) is 19.1. The monoisotopic (exact) mass is 376 g/mol. The second-order valence-corrected chi connectivity index (χ2v) is 6.10. The molecule has 0 aliphatic carbocycles. The van der Waals surface area contributed by atoms with E-state index in [1.54, 1.807) is 0 Å². The average molecular weight is 376 g/mol. The molecule has 3 rings (SSSR count). The Labute approximate surface area is 145 Å². The molecule has 0 radical (unpaired) electrons. The minimum Gasteiger partial charge on any atom is -0.394 e. The molecule has 1 aromatic rings. The Hall–Kier alpha value is -1.64. The third-order valence-corrected chi connectivity index (χ3v) is 4.39. The summed E-state index contributed by atoms with van der Waals surface area (Å²) in [6.07, 6.45) is -9.12. The van der Waals surface area contributed by atoms with Gasteiger partial charge in [-0.25, -0.2) is 4.79 Å². The average Bonchev–Trinajstić information content (AvgIpc) is 3.04. The molecule has 6 N–H and O–H groups in total. The molecule has 0 aromatic carbocycles. The van der Waals surface area contributed by atoms with E-state index in [4.69, 9.17) is 19.3 Å². The maximum absolute atomic E-state index is 11.8. The van der Waals surface area contributed by atoms with Gasteiger partial charge in [0.15, 0.2) is 12.5 Å². The van der Waals surface area contributed by atoms with E-state index in [0.717, 1.165) is 16.8 Å². The molecule has 0 spiro atoms. The lowest BCUT2D eigenvalue weighted by Crippen LogP contribution is -2.38. The maximum atomic E-state index is 11.8. The zero-order valence-corrected chi connectivity index (χ0v) is 13.4. The zero-order valence-electron chi connectivity index (χ0n) is 13.4. The SMILES string of the molecule is O=c1ccn([C@@H]2O[C@H](COC3O[C@@H](CO)[C@H](O)[C@H]3O)[C@@H](O)[C@H]2O)c(=O)[nH]1. The Morgan fingerprint density at radius 1 is 1.04 bits per heavy atom. The predicted molar refractivity (Wildman–Crippen MR) is 81.0 cm³/mol. The summed E-state index contributed by atoms with van der Waals surface area (Å²) in [6, 6.07) is 1.06. The highest BCUT2D eigenvalue weighted by molar-refractivity contribution is 4.93. The molecule has 2 aliphatic heterocycles. The van der Waals surface area contributed by atoms with Gasteiger partial charge < -0.3 is 39.7 Å². The van der Waals surface area contributed by atoms with Crippen molar-refractivity contribution in [2.45, 2.75) is 49.1 Å². The van der Waals surface area contributed by atoms with Crippen LogP contribution in [0.1, 0.15) is 6.23 Å². The Morgan fingerprint density at radius 2 is 1.73 bits per heavy atom. The highest BCUT2D eigenvalue weighted by Crippen LogP contribution is 2.29. The quantitative estimate of drug-likeness (QED) is 0.293. The van der Waals surface area contributed by atoms with Gasteiger partial charge in [-0.2, -0.15) is 0 Å². The fourth-order valence-electron chi connectivity index (χ4n) is 2.92. The zero-order chi connectivity index (χ0) is 19.0. The molecule has 1 unspecified atom stereocenters. The lowest BCUT2D eigenvalue weighted by atomic mass is 10.1. The molecule has 2 aliphatic rings. The summed E-state index contributed by atoms with van der Waals surface area (Å²) in [5.41, 5.74) is -1.44. The van der Waals surface area contributed by atoms with Crippen LogP contribution < -0.4 is 11.2 Å². The summed E-state index contributed by atoms with van der Waals surface area (Å²) in [7, 11) is 0. The molecule has 26 heavy (non-hydrogen) atoms. The summed E-state index contributed by atoms with van der Waals surface area (Å²) in [4.78, 5) is 24.9. The number of ether oxygens (including phenoxy) is 3. The predicted octanol–water partition coefficient (Wildman–Crippen LogP) is -4.39. The third-order valence-electron chi connectivity index (χ3n) is 4.39. The molecular formula is C14H20N2O10. The largest absolute Gasteiger partial charge is 0.394 e. The van der Waals surface area contributed by atoms with E-state index in [1.807, 2.05) is 4.98 Å². The van der Waals surface area contributed by atoms with E-state index in [2.05, 4.69) is 0 Å². The van der Waals surface area contributed by atoms with Crippen LogP contribution in [-0.4, -0.2) is 91.2 Å². The second-order valence-electron chi connectivity index (χ2n) is 6.10. The van der Waals surface area contributed by atoms with E-state index in [1.165, 1.54) is 0 Å². The van der Waals surface area contributed by atoms with Gasteiger partial charge in [-0.05, 0) is 0 Å². The summed E-state index contributed by atoms with van der Waals surface area (Å²) >= 11 is 0. The Bertz CT molecular complexity index is 735. The first-order valence-electron chi connectivity index (χ1n) is 7.90. The number of aromatic nitrogens is 2. The van der Waals surface area contributed by atoms with Crippen molar-refractivity contribution in [3.63, 3.8) is 0 Å². The number of nitrogens with one attached hydrogen (secondary N) is 1. The smallest absolute Gasteiger partial charge is 0.330 e. The minimum atomic E-state index is -1.47.